The highest BCUT2D eigenvalue weighted by Crippen LogP contribution is 2.39. The average molecular weight is 281 g/mol. The molecule has 1 aliphatic heterocycles. The van der Waals surface area contributed by atoms with E-state index in [-0.39, 0.29) is 0 Å². The zero-order valence-electron chi connectivity index (χ0n) is 13.9. The minimum Gasteiger partial charge on any atom is -0.329 e. The molecule has 3 nitrogen and oxygen atoms in total. The lowest BCUT2D eigenvalue weighted by atomic mass is 9.73. The Labute approximate surface area is 125 Å². The van der Waals surface area contributed by atoms with Gasteiger partial charge < -0.3 is 10.6 Å². The molecule has 1 heterocycles. The molecule has 0 amide bonds. The molecule has 20 heavy (non-hydrogen) atoms. The fourth-order valence-electron chi connectivity index (χ4n) is 4.60. The van der Waals surface area contributed by atoms with Gasteiger partial charge in [0.25, 0.3) is 0 Å². The zero-order valence-corrected chi connectivity index (χ0v) is 13.9. The second kappa shape index (κ2) is 7.24. The van der Waals surface area contributed by atoms with Crippen LogP contribution in [0.25, 0.3) is 0 Å². The number of rotatable bonds is 4. The van der Waals surface area contributed by atoms with E-state index in [0.29, 0.717) is 11.6 Å². The second-order valence-electron chi connectivity index (χ2n) is 7.32. The lowest BCUT2D eigenvalue weighted by Crippen LogP contribution is -2.59. The van der Waals surface area contributed by atoms with E-state index < -0.39 is 0 Å². The van der Waals surface area contributed by atoms with Crippen LogP contribution < -0.4 is 5.73 Å². The molecule has 0 radical (unpaired) electrons. The summed E-state index contributed by atoms with van der Waals surface area (Å²) >= 11 is 0. The minimum absolute atomic E-state index is 0.300. The van der Waals surface area contributed by atoms with Crippen molar-refractivity contribution in [2.45, 2.75) is 70.4 Å². The van der Waals surface area contributed by atoms with Gasteiger partial charge in [0.2, 0.25) is 0 Å². The van der Waals surface area contributed by atoms with Crippen LogP contribution in [0.5, 0.6) is 0 Å². The Morgan fingerprint density at radius 1 is 1.20 bits per heavy atom. The minimum atomic E-state index is 0.300. The van der Waals surface area contributed by atoms with E-state index in [9.17, 15) is 0 Å². The fraction of sp³-hybridized carbons (Fsp3) is 1.00. The van der Waals surface area contributed by atoms with Gasteiger partial charge in [-0.05, 0) is 58.5 Å². The van der Waals surface area contributed by atoms with Crippen LogP contribution in [-0.2, 0) is 0 Å². The fourth-order valence-corrected chi connectivity index (χ4v) is 4.60. The Hall–Kier alpha value is -0.120. The molecular weight excluding hydrogens is 246 g/mol. The molecule has 1 saturated carbocycles. The van der Waals surface area contributed by atoms with Gasteiger partial charge in [-0.15, -0.1) is 0 Å². The van der Waals surface area contributed by atoms with Crippen molar-refractivity contribution in [1.29, 1.82) is 0 Å². The first kappa shape index (κ1) is 16.3. The number of hydrogen-bond acceptors (Lipinski definition) is 3. The van der Waals surface area contributed by atoms with Crippen molar-refractivity contribution in [3.63, 3.8) is 0 Å². The van der Waals surface area contributed by atoms with Gasteiger partial charge in [-0.25, -0.2) is 0 Å². The molecule has 1 saturated heterocycles. The number of nitrogens with zero attached hydrogens (tertiary/aromatic N) is 2. The molecule has 1 unspecified atom stereocenters. The summed E-state index contributed by atoms with van der Waals surface area (Å²) in [6, 6.07) is 0.647. The Kier molecular flexibility index (Phi) is 5.88. The van der Waals surface area contributed by atoms with Gasteiger partial charge in [0.05, 0.1) is 0 Å². The first-order valence-electron chi connectivity index (χ1n) is 8.76. The van der Waals surface area contributed by atoms with Crippen LogP contribution in [0.4, 0.5) is 0 Å². The maximum absolute atomic E-state index is 6.28. The average Bonchev–Trinajstić information content (AvgIpc) is 2.61. The smallest absolute Gasteiger partial charge is 0.0335 e. The quantitative estimate of drug-likeness (QED) is 0.860. The van der Waals surface area contributed by atoms with Crippen LogP contribution in [0.1, 0.15) is 58.8 Å². The van der Waals surface area contributed by atoms with Gasteiger partial charge in [0.1, 0.15) is 0 Å². The van der Waals surface area contributed by atoms with Crippen LogP contribution >= 0.6 is 0 Å². The Bertz CT molecular complexity index is 284. The van der Waals surface area contributed by atoms with Crippen LogP contribution in [0.2, 0.25) is 0 Å². The molecule has 2 N–H and O–H groups in total. The van der Waals surface area contributed by atoms with Crippen molar-refractivity contribution in [2.24, 2.45) is 11.7 Å². The number of likely N-dealkylation sites (N-methyl/N-ethyl adjacent to an activating group) is 1. The van der Waals surface area contributed by atoms with Crippen molar-refractivity contribution >= 4 is 0 Å². The maximum Gasteiger partial charge on any atom is 0.0335 e. The Balaban J connectivity index is 2.03. The third-order valence-corrected chi connectivity index (χ3v) is 5.77. The molecule has 1 aliphatic carbocycles. The first-order chi connectivity index (χ1) is 9.61. The predicted molar refractivity (Wildman–Crippen MR) is 86.9 cm³/mol. The summed E-state index contributed by atoms with van der Waals surface area (Å²) in [6.07, 6.45) is 9.48. The van der Waals surface area contributed by atoms with Gasteiger partial charge in [-0.2, -0.15) is 0 Å². The number of nitrogens with two attached hydrogens (primary N) is 1. The first-order valence-corrected chi connectivity index (χ1v) is 8.76. The van der Waals surface area contributed by atoms with Crippen LogP contribution in [-0.4, -0.2) is 54.6 Å². The maximum atomic E-state index is 6.28. The lowest BCUT2D eigenvalue weighted by Gasteiger charge is -2.50. The van der Waals surface area contributed by atoms with Crippen LogP contribution in [0, 0.1) is 5.92 Å². The third-order valence-electron chi connectivity index (χ3n) is 5.77. The molecule has 0 spiro atoms. The highest BCUT2D eigenvalue weighted by molar-refractivity contribution is 4.98. The van der Waals surface area contributed by atoms with Crippen LogP contribution in [0.3, 0.4) is 0 Å². The molecule has 0 bridgehead atoms. The van der Waals surface area contributed by atoms with Crippen molar-refractivity contribution < 1.29 is 0 Å². The van der Waals surface area contributed by atoms with Crippen molar-refractivity contribution in [2.75, 3.05) is 33.2 Å². The summed E-state index contributed by atoms with van der Waals surface area (Å²) in [5.41, 5.74) is 6.58. The van der Waals surface area contributed by atoms with Crippen LogP contribution in [0.15, 0.2) is 0 Å². The molecule has 1 atom stereocenters. The van der Waals surface area contributed by atoms with Crippen molar-refractivity contribution in [3.05, 3.63) is 0 Å². The van der Waals surface area contributed by atoms with E-state index >= 15 is 0 Å². The van der Waals surface area contributed by atoms with E-state index in [1.807, 2.05) is 0 Å². The zero-order chi connectivity index (χ0) is 14.6. The standard InChI is InChI=1S/C17H35N3/c1-4-6-16-7-9-17(14-18,10-8-16)20-12-5-11-19(3)13-15(20)2/h15-16H,4-14,18H2,1-3H3. The van der Waals surface area contributed by atoms with Gasteiger partial charge in [-0.1, -0.05) is 19.8 Å². The largest absolute Gasteiger partial charge is 0.329 e. The molecule has 2 rings (SSSR count). The van der Waals surface area contributed by atoms with E-state index in [1.54, 1.807) is 0 Å². The Morgan fingerprint density at radius 2 is 1.90 bits per heavy atom. The van der Waals surface area contributed by atoms with E-state index in [1.165, 1.54) is 64.6 Å². The molecule has 2 fully saturated rings. The summed E-state index contributed by atoms with van der Waals surface area (Å²) < 4.78 is 0. The SMILES string of the molecule is CCCC1CCC(CN)(N2CCCN(C)CC2C)CC1. The van der Waals surface area contributed by atoms with E-state index in [0.717, 1.165) is 12.5 Å². The molecule has 2 aliphatic rings. The molecule has 0 aromatic heterocycles. The summed E-state index contributed by atoms with van der Waals surface area (Å²) in [7, 11) is 2.26. The van der Waals surface area contributed by atoms with Gasteiger partial charge >= 0.3 is 0 Å². The van der Waals surface area contributed by atoms with Gasteiger partial charge in [0.15, 0.2) is 0 Å². The molecular formula is C17H35N3. The summed E-state index contributed by atoms with van der Waals surface area (Å²) in [6.45, 7) is 9.23. The van der Waals surface area contributed by atoms with Crippen molar-refractivity contribution in [1.82, 2.24) is 9.80 Å². The van der Waals surface area contributed by atoms with Gasteiger partial charge in [-0.3, -0.25) is 4.90 Å². The topological polar surface area (TPSA) is 32.5 Å². The molecule has 0 aromatic rings. The normalized spacial score (nSPS) is 37.8. The van der Waals surface area contributed by atoms with E-state index in [2.05, 4.69) is 30.7 Å². The summed E-state index contributed by atoms with van der Waals surface area (Å²) in [5, 5.41) is 0. The second-order valence-corrected chi connectivity index (χ2v) is 7.32. The summed E-state index contributed by atoms with van der Waals surface area (Å²) in [4.78, 5) is 5.26. The number of hydrogen-bond donors (Lipinski definition) is 1. The summed E-state index contributed by atoms with van der Waals surface area (Å²) in [5.74, 6) is 0.963. The monoisotopic (exact) mass is 281 g/mol. The highest BCUT2D eigenvalue weighted by atomic mass is 15.3. The third kappa shape index (κ3) is 3.55. The lowest BCUT2D eigenvalue weighted by molar-refractivity contribution is 0.0139. The van der Waals surface area contributed by atoms with Gasteiger partial charge in [0, 0.05) is 31.2 Å². The van der Waals surface area contributed by atoms with E-state index in [4.69, 9.17) is 5.73 Å². The van der Waals surface area contributed by atoms with Crippen molar-refractivity contribution in [3.8, 4) is 0 Å². The predicted octanol–water partition coefficient (Wildman–Crippen LogP) is 2.70. The molecule has 3 heteroatoms. The highest BCUT2D eigenvalue weighted by Gasteiger charge is 2.41. The molecule has 118 valence electrons. The Morgan fingerprint density at radius 3 is 2.50 bits per heavy atom. The molecule has 0 aromatic carbocycles.